The minimum Gasteiger partial charge on any atom is -0.481 e. The van der Waals surface area contributed by atoms with E-state index in [1.807, 2.05) is 0 Å². The Bertz CT molecular complexity index is 582. The molecule has 1 aromatic rings. The number of hydrogen-bond donors (Lipinski definition) is 2. The van der Waals surface area contributed by atoms with E-state index in [2.05, 4.69) is 37.6 Å². The highest BCUT2D eigenvalue weighted by atomic mass is 127. The summed E-state index contributed by atoms with van der Waals surface area (Å²) >= 11 is 2.17. The van der Waals surface area contributed by atoms with E-state index in [0.29, 0.717) is 11.7 Å². The summed E-state index contributed by atoms with van der Waals surface area (Å²) in [6.07, 6.45) is 4.67. The first-order valence-electron chi connectivity index (χ1n) is 6.64. The first kappa shape index (κ1) is 13.7. The minimum atomic E-state index is -0.681. The maximum atomic E-state index is 11.0. The average molecular weight is 386 g/mol. The molecule has 0 amide bonds. The van der Waals surface area contributed by atoms with Crippen LogP contribution in [0.4, 0.5) is 5.82 Å². The first-order valence-corrected chi connectivity index (χ1v) is 7.72. The summed E-state index contributed by atoms with van der Waals surface area (Å²) in [5.41, 5.74) is 7.66. The van der Waals surface area contributed by atoms with Crippen molar-refractivity contribution in [2.24, 2.45) is 16.8 Å². The highest BCUT2D eigenvalue weighted by molar-refractivity contribution is 14.1. The molecule has 6 nitrogen and oxygen atoms in total. The van der Waals surface area contributed by atoms with Gasteiger partial charge >= 0.3 is 5.97 Å². The number of aliphatic carboxylic acids is 1. The first-order chi connectivity index (χ1) is 9.58. The maximum absolute atomic E-state index is 11.0. The summed E-state index contributed by atoms with van der Waals surface area (Å²) < 4.78 is 0.862. The standard InChI is InChI=1S/C13H15IN4O2/c14-11-8-10(16-5-17-12(8)15)9(18-11)6-1-3-7(4-2-6)13(19)20/h5-7,9H,1-4H2,(H,19,20)(H2,15,16,17). The van der Waals surface area contributed by atoms with Crippen LogP contribution >= 0.6 is 22.6 Å². The Kier molecular flexibility index (Phi) is 3.61. The number of carbonyl (C=O) groups is 1. The van der Waals surface area contributed by atoms with Crippen LogP contribution in [-0.4, -0.2) is 24.8 Å². The molecule has 3 rings (SSSR count). The molecular formula is C13H15IN4O2. The number of fused-ring (bicyclic) bond motifs is 1. The topological polar surface area (TPSA) is 101 Å². The van der Waals surface area contributed by atoms with Crippen LogP contribution in [-0.2, 0) is 4.79 Å². The van der Waals surface area contributed by atoms with Gasteiger partial charge in [-0.2, -0.15) is 0 Å². The second-order valence-electron chi connectivity index (χ2n) is 5.33. The van der Waals surface area contributed by atoms with E-state index in [9.17, 15) is 4.79 Å². The highest BCUT2D eigenvalue weighted by Crippen LogP contribution is 2.44. The van der Waals surface area contributed by atoms with E-state index in [0.717, 1.165) is 40.7 Å². The number of nitrogens with zero attached hydrogens (tertiary/aromatic N) is 3. The fraction of sp³-hybridized carbons (Fsp3) is 0.538. The van der Waals surface area contributed by atoms with Crippen LogP contribution in [0.25, 0.3) is 0 Å². The number of anilines is 1. The average Bonchev–Trinajstić information content (AvgIpc) is 2.77. The number of carboxylic acid groups (broad SMARTS) is 1. The number of aliphatic imine (C=N–C) groups is 1. The lowest BCUT2D eigenvalue weighted by Crippen LogP contribution is -2.24. The molecule has 2 heterocycles. The van der Waals surface area contributed by atoms with Crippen molar-refractivity contribution in [3.8, 4) is 0 Å². The van der Waals surface area contributed by atoms with Crippen molar-refractivity contribution < 1.29 is 9.90 Å². The molecule has 0 saturated heterocycles. The molecule has 1 saturated carbocycles. The quantitative estimate of drug-likeness (QED) is 0.759. The van der Waals surface area contributed by atoms with Crippen LogP contribution in [0.2, 0.25) is 0 Å². The van der Waals surface area contributed by atoms with Gasteiger partial charge in [0.15, 0.2) is 0 Å². The number of rotatable bonds is 2. The highest BCUT2D eigenvalue weighted by Gasteiger charge is 2.37. The van der Waals surface area contributed by atoms with Gasteiger partial charge in [0.1, 0.15) is 15.9 Å². The van der Waals surface area contributed by atoms with E-state index in [1.165, 1.54) is 6.33 Å². The molecule has 1 aliphatic carbocycles. The van der Waals surface area contributed by atoms with Crippen molar-refractivity contribution in [1.29, 1.82) is 0 Å². The summed E-state index contributed by atoms with van der Waals surface area (Å²) in [5, 5.41) is 9.06. The number of hydrogen-bond acceptors (Lipinski definition) is 5. The SMILES string of the molecule is Nc1ncnc2c1C(I)=NC2C1CCC(C(=O)O)CC1. The van der Waals surface area contributed by atoms with E-state index in [-0.39, 0.29) is 12.0 Å². The van der Waals surface area contributed by atoms with Gasteiger partial charge in [-0.1, -0.05) is 0 Å². The van der Waals surface area contributed by atoms with Crippen LogP contribution in [0.5, 0.6) is 0 Å². The van der Waals surface area contributed by atoms with E-state index in [4.69, 9.17) is 10.8 Å². The van der Waals surface area contributed by atoms with Crippen LogP contribution in [0.15, 0.2) is 11.3 Å². The molecule has 1 fully saturated rings. The molecule has 106 valence electrons. The van der Waals surface area contributed by atoms with Gasteiger partial charge in [0.05, 0.1) is 23.2 Å². The van der Waals surface area contributed by atoms with E-state index >= 15 is 0 Å². The Labute approximate surface area is 130 Å². The normalized spacial score (nSPS) is 28.9. The zero-order valence-electron chi connectivity index (χ0n) is 10.8. The van der Waals surface area contributed by atoms with Crippen LogP contribution in [0.3, 0.4) is 0 Å². The molecule has 0 bridgehead atoms. The Hall–Kier alpha value is -1.25. The van der Waals surface area contributed by atoms with Crippen LogP contribution in [0.1, 0.15) is 43.0 Å². The number of halogens is 1. The molecule has 7 heteroatoms. The zero-order chi connectivity index (χ0) is 14.3. The Balaban J connectivity index is 1.81. The second kappa shape index (κ2) is 5.27. The summed E-state index contributed by atoms with van der Waals surface area (Å²) in [7, 11) is 0. The number of carboxylic acids is 1. The molecule has 20 heavy (non-hydrogen) atoms. The summed E-state index contributed by atoms with van der Waals surface area (Å²) in [5.74, 6) is -0.0543. The maximum Gasteiger partial charge on any atom is 0.306 e. The Morgan fingerprint density at radius 3 is 2.65 bits per heavy atom. The van der Waals surface area contributed by atoms with Gasteiger partial charge in [-0.05, 0) is 54.2 Å². The van der Waals surface area contributed by atoms with Gasteiger partial charge in [-0.3, -0.25) is 9.79 Å². The fourth-order valence-electron chi connectivity index (χ4n) is 3.11. The minimum absolute atomic E-state index is 0.0111. The lowest BCUT2D eigenvalue weighted by atomic mass is 9.78. The van der Waals surface area contributed by atoms with Crippen molar-refractivity contribution in [3.05, 3.63) is 17.6 Å². The van der Waals surface area contributed by atoms with E-state index in [1.54, 1.807) is 0 Å². The molecule has 0 aromatic carbocycles. The van der Waals surface area contributed by atoms with Crippen molar-refractivity contribution in [3.63, 3.8) is 0 Å². The van der Waals surface area contributed by atoms with Crippen molar-refractivity contribution in [2.75, 3.05) is 5.73 Å². The lowest BCUT2D eigenvalue weighted by Gasteiger charge is -2.29. The monoisotopic (exact) mass is 386 g/mol. The largest absolute Gasteiger partial charge is 0.481 e. The van der Waals surface area contributed by atoms with Gasteiger partial charge in [0.2, 0.25) is 0 Å². The third-order valence-corrected chi connectivity index (χ3v) is 5.03. The number of nitrogen functional groups attached to an aromatic ring is 1. The molecule has 1 atom stereocenters. The lowest BCUT2D eigenvalue weighted by molar-refractivity contribution is -0.143. The fourth-order valence-corrected chi connectivity index (χ4v) is 3.96. The molecule has 0 radical (unpaired) electrons. The Morgan fingerprint density at radius 1 is 1.30 bits per heavy atom. The van der Waals surface area contributed by atoms with Gasteiger partial charge in [0.25, 0.3) is 0 Å². The zero-order valence-corrected chi connectivity index (χ0v) is 12.9. The Morgan fingerprint density at radius 2 is 2.00 bits per heavy atom. The second-order valence-corrected chi connectivity index (χ2v) is 6.36. The smallest absolute Gasteiger partial charge is 0.306 e. The van der Waals surface area contributed by atoms with Crippen molar-refractivity contribution >= 4 is 38.1 Å². The molecule has 3 N–H and O–H groups in total. The predicted octanol–water partition coefficient (Wildman–Crippen LogP) is 2.19. The number of nitrogens with two attached hydrogens (primary N) is 1. The molecule has 1 aliphatic heterocycles. The van der Waals surface area contributed by atoms with Gasteiger partial charge < -0.3 is 10.8 Å². The van der Waals surface area contributed by atoms with Gasteiger partial charge in [-0.15, -0.1) is 0 Å². The summed E-state index contributed by atoms with van der Waals surface area (Å²) in [6, 6.07) is 0.0111. The van der Waals surface area contributed by atoms with Crippen molar-refractivity contribution in [1.82, 2.24) is 9.97 Å². The third-order valence-electron chi connectivity index (χ3n) is 4.21. The third kappa shape index (κ3) is 2.27. The predicted molar refractivity (Wildman–Crippen MR) is 82.8 cm³/mol. The van der Waals surface area contributed by atoms with Crippen molar-refractivity contribution in [2.45, 2.75) is 31.7 Å². The van der Waals surface area contributed by atoms with Crippen LogP contribution < -0.4 is 5.73 Å². The summed E-state index contributed by atoms with van der Waals surface area (Å²) in [6.45, 7) is 0. The molecule has 0 spiro atoms. The molecule has 1 aromatic heterocycles. The van der Waals surface area contributed by atoms with Gasteiger partial charge in [-0.25, -0.2) is 9.97 Å². The molecular weight excluding hydrogens is 371 g/mol. The molecule has 2 aliphatic rings. The summed E-state index contributed by atoms with van der Waals surface area (Å²) in [4.78, 5) is 24.1. The molecule has 1 unspecified atom stereocenters. The number of aromatic nitrogens is 2. The van der Waals surface area contributed by atoms with E-state index < -0.39 is 5.97 Å². The van der Waals surface area contributed by atoms with Gasteiger partial charge in [0, 0.05) is 0 Å². The van der Waals surface area contributed by atoms with Crippen LogP contribution in [0, 0.1) is 11.8 Å².